The monoisotopic (exact) mass is 478 g/mol. The van der Waals surface area contributed by atoms with E-state index >= 15 is 0 Å². The molecule has 10 heteroatoms. The predicted molar refractivity (Wildman–Crippen MR) is 112 cm³/mol. The van der Waals surface area contributed by atoms with Gasteiger partial charge in [-0.1, -0.05) is 18.2 Å². The van der Waals surface area contributed by atoms with Gasteiger partial charge in [-0.25, -0.2) is 9.18 Å². The Labute approximate surface area is 191 Å². The number of carboxylic acid groups (broad SMARTS) is 1. The number of rotatable bonds is 8. The van der Waals surface area contributed by atoms with E-state index in [0.717, 1.165) is 38.2 Å². The Bertz CT molecular complexity index is 1210. The van der Waals surface area contributed by atoms with Crippen LogP contribution in [0.25, 0.3) is 0 Å². The van der Waals surface area contributed by atoms with Gasteiger partial charge in [-0.15, -0.1) is 13.2 Å². The number of benzene rings is 3. The second kappa shape index (κ2) is 9.12. The SMILES string of the molecule is COc1c(Oc2cc(C3CC3)cc(F)c2C(=O)O)ccc(OC(F)(F)F)c1Oc1ccccc1. The largest absolute Gasteiger partial charge is 0.573 e. The van der Waals surface area contributed by atoms with Gasteiger partial charge in [0.15, 0.2) is 11.5 Å². The first-order chi connectivity index (χ1) is 16.2. The molecule has 0 saturated heterocycles. The first-order valence-corrected chi connectivity index (χ1v) is 10.1. The Morgan fingerprint density at radius 1 is 0.941 bits per heavy atom. The van der Waals surface area contributed by atoms with E-state index in [0.29, 0.717) is 5.56 Å². The molecule has 0 atom stereocenters. The number of methoxy groups -OCH3 is 1. The average molecular weight is 478 g/mol. The van der Waals surface area contributed by atoms with Crippen molar-refractivity contribution in [3.63, 3.8) is 0 Å². The maximum Gasteiger partial charge on any atom is 0.573 e. The van der Waals surface area contributed by atoms with E-state index in [1.807, 2.05) is 0 Å². The summed E-state index contributed by atoms with van der Waals surface area (Å²) in [7, 11) is 1.16. The standard InChI is InChI=1S/C24H18F4O6/c1-31-21-17(33-19-12-14(13-7-8-13)11-16(25)20(19)23(29)30)9-10-18(34-24(26,27)28)22(21)32-15-5-3-2-4-6-15/h2-6,9-13H,7-8H2,1H3,(H,29,30). The number of carbonyl (C=O) groups is 1. The Kier molecular flexibility index (Phi) is 6.23. The number of halogens is 4. The molecule has 0 aliphatic heterocycles. The fourth-order valence-electron chi connectivity index (χ4n) is 3.37. The van der Waals surface area contributed by atoms with Gasteiger partial charge in [0.05, 0.1) is 7.11 Å². The first-order valence-electron chi connectivity index (χ1n) is 10.1. The van der Waals surface area contributed by atoms with Gasteiger partial charge in [-0.3, -0.25) is 0 Å². The summed E-state index contributed by atoms with van der Waals surface area (Å²) >= 11 is 0. The van der Waals surface area contributed by atoms with Gasteiger partial charge in [0.2, 0.25) is 11.5 Å². The maximum atomic E-state index is 14.6. The Morgan fingerprint density at radius 2 is 1.62 bits per heavy atom. The third-order valence-corrected chi connectivity index (χ3v) is 4.99. The summed E-state index contributed by atoms with van der Waals surface area (Å²) in [6.45, 7) is 0. The van der Waals surface area contributed by atoms with Crippen LogP contribution < -0.4 is 18.9 Å². The second-order valence-corrected chi connectivity index (χ2v) is 7.44. The lowest BCUT2D eigenvalue weighted by atomic mass is 10.1. The molecule has 1 saturated carbocycles. The van der Waals surface area contributed by atoms with Crippen molar-refractivity contribution in [3.8, 4) is 34.5 Å². The van der Waals surface area contributed by atoms with E-state index in [2.05, 4.69) is 4.74 Å². The van der Waals surface area contributed by atoms with Crippen LogP contribution in [0, 0.1) is 5.82 Å². The molecule has 0 unspecified atom stereocenters. The number of hydrogen-bond acceptors (Lipinski definition) is 5. The molecule has 34 heavy (non-hydrogen) atoms. The van der Waals surface area contributed by atoms with E-state index in [4.69, 9.17) is 14.2 Å². The molecular formula is C24H18F4O6. The zero-order valence-electron chi connectivity index (χ0n) is 17.7. The summed E-state index contributed by atoms with van der Waals surface area (Å²) in [4.78, 5) is 11.7. The lowest BCUT2D eigenvalue weighted by Gasteiger charge is -2.20. The minimum absolute atomic E-state index is 0.0844. The summed E-state index contributed by atoms with van der Waals surface area (Å²) in [5.74, 6) is -4.27. The van der Waals surface area contributed by atoms with Crippen molar-refractivity contribution >= 4 is 5.97 Å². The Balaban J connectivity index is 1.81. The van der Waals surface area contributed by atoms with Gasteiger partial charge < -0.3 is 24.1 Å². The van der Waals surface area contributed by atoms with Crippen LogP contribution in [0.5, 0.6) is 34.5 Å². The van der Waals surface area contributed by atoms with Crippen LogP contribution >= 0.6 is 0 Å². The molecule has 0 heterocycles. The fourth-order valence-corrected chi connectivity index (χ4v) is 3.37. The van der Waals surface area contributed by atoms with Crippen LogP contribution in [0.15, 0.2) is 54.6 Å². The minimum atomic E-state index is -5.03. The van der Waals surface area contributed by atoms with Crippen molar-refractivity contribution in [2.75, 3.05) is 7.11 Å². The predicted octanol–water partition coefficient (Wildman–Crippen LogP) is 6.89. The average Bonchev–Trinajstić information content (AvgIpc) is 3.60. The van der Waals surface area contributed by atoms with E-state index in [-0.39, 0.29) is 28.9 Å². The van der Waals surface area contributed by atoms with Gasteiger partial charge >= 0.3 is 12.3 Å². The lowest BCUT2D eigenvalue weighted by Crippen LogP contribution is -2.17. The minimum Gasteiger partial charge on any atom is -0.490 e. The van der Waals surface area contributed by atoms with Crippen LogP contribution in [0.1, 0.15) is 34.7 Å². The third kappa shape index (κ3) is 5.16. The highest BCUT2D eigenvalue weighted by Crippen LogP contribution is 2.50. The van der Waals surface area contributed by atoms with E-state index in [9.17, 15) is 27.5 Å². The summed E-state index contributed by atoms with van der Waals surface area (Å²) in [6, 6.07) is 12.5. The van der Waals surface area contributed by atoms with Gasteiger partial charge in [-0.2, -0.15) is 0 Å². The van der Waals surface area contributed by atoms with Crippen molar-refractivity contribution in [1.82, 2.24) is 0 Å². The fraction of sp³-hybridized carbons (Fsp3) is 0.208. The van der Waals surface area contributed by atoms with Crippen LogP contribution in [0.4, 0.5) is 17.6 Å². The zero-order chi connectivity index (χ0) is 24.5. The topological polar surface area (TPSA) is 74.2 Å². The van der Waals surface area contributed by atoms with Gasteiger partial charge in [0, 0.05) is 0 Å². The quantitative estimate of drug-likeness (QED) is 0.355. The molecule has 178 valence electrons. The number of hydrogen-bond donors (Lipinski definition) is 1. The van der Waals surface area contributed by atoms with Crippen molar-refractivity contribution in [2.24, 2.45) is 0 Å². The molecular weight excluding hydrogens is 460 g/mol. The van der Waals surface area contributed by atoms with E-state index < -0.39 is 35.2 Å². The molecule has 0 aromatic heterocycles. The highest BCUT2D eigenvalue weighted by molar-refractivity contribution is 5.91. The molecule has 0 bridgehead atoms. The number of carboxylic acids is 1. The second-order valence-electron chi connectivity index (χ2n) is 7.44. The van der Waals surface area contributed by atoms with Gasteiger partial charge in [-0.05, 0) is 60.7 Å². The molecule has 0 radical (unpaired) electrons. The van der Waals surface area contributed by atoms with Gasteiger partial charge in [0.1, 0.15) is 22.9 Å². The molecule has 3 aromatic carbocycles. The van der Waals surface area contributed by atoms with Crippen LogP contribution in [0.3, 0.4) is 0 Å². The van der Waals surface area contributed by atoms with Crippen molar-refractivity contribution in [3.05, 3.63) is 71.5 Å². The smallest absolute Gasteiger partial charge is 0.490 e. The lowest BCUT2D eigenvalue weighted by molar-refractivity contribution is -0.275. The first kappa shape index (κ1) is 23.2. The Morgan fingerprint density at radius 3 is 2.21 bits per heavy atom. The molecule has 1 N–H and O–H groups in total. The van der Waals surface area contributed by atoms with Crippen molar-refractivity contribution in [1.29, 1.82) is 0 Å². The van der Waals surface area contributed by atoms with Crippen molar-refractivity contribution < 1.29 is 46.4 Å². The number of aromatic carboxylic acids is 1. The summed E-state index contributed by atoms with van der Waals surface area (Å²) in [6.07, 6.45) is -3.37. The molecule has 1 aliphatic carbocycles. The van der Waals surface area contributed by atoms with Crippen LogP contribution in [0.2, 0.25) is 0 Å². The normalized spacial score (nSPS) is 13.3. The van der Waals surface area contributed by atoms with Crippen LogP contribution in [-0.4, -0.2) is 24.5 Å². The molecule has 1 aliphatic rings. The molecule has 1 fully saturated rings. The summed E-state index contributed by atoms with van der Waals surface area (Å²) < 4.78 is 74.2. The number of ether oxygens (including phenoxy) is 4. The molecule has 6 nitrogen and oxygen atoms in total. The summed E-state index contributed by atoms with van der Waals surface area (Å²) in [5.41, 5.74) is -0.151. The van der Waals surface area contributed by atoms with Gasteiger partial charge in [0.25, 0.3) is 0 Å². The molecule has 0 amide bonds. The number of alkyl halides is 3. The van der Waals surface area contributed by atoms with E-state index in [1.165, 1.54) is 18.2 Å². The molecule has 3 aromatic rings. The highest BCUT2D eigenvalue weighted by atomic mass is 19.4. The zero-order valence-corrected chi connectivity index (χ0v) is 17.7. The van der Waals surface area contributed by atoms with E-state index in [1.54, 1.807) is 18.2 Å². The Hall–Kier alpha value is -3.95. The summed E-state index contributed by atoms with van der Waals surface area (Å²) in [5, 5.41) is 9.50. The highest BCUT2D eigenvalue weighted by Gasteiger charge is 2.35. The molecule has 4 rings (SSSR count). The number of para-hydroxylation sites is 1. The van der Waals surface area contributed by atoms with Crippen LogP contribution in [-0.2, 0) is 0 Å². The molecule has 0 spiro atoms. The third-order valence-electron chi connectivity index (χ3n) is 4.99. The maximum absolute atomic E-state index is 14.6. The van der Waals surface area contributed by atoms with Crippen molar-refractivity contribution in [2.45, 2.75) is 25.1 Å².